The van der Waals surface area contributed by atoms with Crippen LogP contribution in [0.2, 0.25) is 10.0 Å². The average Bonchev–Trinajstić information content (AvgIpc) is 3.05. The molecule has 2 unspecified atom stereocenters. The topological polar surface area (TPSA) is 37.2 Å². The van der Waals surface area contributed by atoms with Gasteiger partial charge in [-0.25, -0.2) is 0 Å². The van der Waals surface area contributed by atoms with Crippen LogP contribution in [0.25, 0.3) is 10.9 Å². The molecular weight excluding hydrogens is 427 g/mol. The van der Waals surface area contributed by atoms with E-state index in [0.29, 0.717) is 28.4 Å². The third-order valence-electron chi connectivity index (χ3n) is 7.91. The van der Waals surface area contributed by atoms with Gasteiger partial charge in [0.25, 0.3) is 0 Å². The average molecular weight is 455 g/mol. The second-order valence-electron chi connectivity index (χ2n) is 10.4. The summed E-state index contributed by atoms with van der Waals surface area (Å²) in [5, 5.41) is 17.7. The fourth-order valence-corrected chi connectivity index (χ4v) is 7.60. The van der Waals surface area contributed by atoms with Gasteiger partial charge >= 0.3 is 0 Å². The van der Waals surface area contributed by atoms with Crippen LogP contribution in [0.5, 0.6) is 0 Å². The molecule has 7 rings (SSSR count). The lowest BCUT2D eigenvalue weighted by Gasteiger charge is -2.60. The first kappa shape index (κ1) is 20.1. The van der Waals surface area contributed by atoms with Gasteiger partial charge in [-0.15, -0.1) is 0 Å². The lowest BCUT2D eigenvalue weighted by atomic mass is 9.51. The normalized spacial score (nSPS) is 31.6. The summed E-state index contributed by atoms with van der Waals surface area (Å²) in [6.45, 7) is 1.54. The number of benzene rings is 2. The molecule has 0 amide bonds. The van der Waals surface area contributed by atoms with E-state index in [9.17, 15) is 5.11 Å². The van der Waals surface area contributed by atoms with E-state index in [2.05, 4.69) is 40.3 Å². The second-order valence-corrected chi connectivity index (χ2v) is 11.2. The quantitative estimate of drug-likeness (QED) is 0.483. The summed E-state index contributed by atoms with van der Waals surface area (Å²) in [4.78, 5) is 0. The van der Waals surface area contributed by atoms with Gasteiger partial charge in [-0.3, -0.25) is 0 Å². The van der Waals surface area contributed by atoms with Crippen molar-refractivity contribution in [2.75, 3.05) is 0 Å². The van der Waals surface area contributed by atoms with Crippen LogP contribution in [0.3, 0.4) is 0 Å². The lowest BCUT2D eigenvalue weighted by molar-refractivity contribution is -0.142. The number of nitrogens with zero attached hydrogens (tertiary/aromatic N) is 1. The molecule has 3 nitrogen and oxygen atoms in total. The number of para-hydroxylation sites is 1. The number of hydrogen-bond acceptors (Lipinski definition) is 2. The van der Waals surface area contributed by atoms with Gasteiger partial charge in [0.2, 0.25) is 0 Å². The molecule has 3 aromatic rings. The first-order chi connectivity index (χ1) is 14.9. The highest BCUT2D eigenvalue weighted by atomic mass is 35.5. The molecule has 31 heavy (non-hydrogen) atoms. The maximum atomic E-state index is 11.1. The molecule has 0 spiro atoms. The summed E-state index contributed by atoms with van der Waals surface area (Å²) in [5.74, 6) is 1.37. The molecule has 4 aliphatic rings. The van der Waals surface area contributed by atoms with E-state index in [0.717, 1.165) is 31.4 Å². The number of nitrogens with one attached hydrogen (secondary N) is 1. The van der Waals surface area contributed by atoms with Crippen molar-refractivity contribution in [3.63, 3.8) is 0 Å². The highest BCUT2D eigenvalue weighted by Gasteiger charge is 2.56. The van der Waals surface area contributed by atoms with Gasteiger partial charge in [0.15, 0.2) is 0 Å². The predicted octanol–water partition coefficient (Wildman–Crippen LogP) is 6.17. The molecule has 1 aromatic heterocycles. The molecule has 1 heterocycles. The Balaban J connectivity index is 1.28. The fraction of sp³-hybridized carbons (Fsp3) is 0.462. The van der Waals surface area contributed by atoms with Crippen molar-refractivity contribution < 1.29 is 5.11 Å². The minimum Gasteiger partial charge on any atom is -0.390 e. The number of fused-ring (bicyclic) bond motifs is 1. The maximum Gasteiger partial charge on any atom is 0.0670 e. The minimum atomic E-state index is -0.434. The monoisotopic (exact) mass is 454 g/mol. The van der Waals surface area contributed by atoms with Gasteiger partial charge < -0.3 is 15.0 Å². The fourth-order valence-electron chi connectivity index (χ4n) is 7.13. The van der Waals surface area contributed by atoms with Gasteiger partial charge in [0.05, 0.1) is 5.60 Å². The summed E-state index contributed by atoms with van der Waals surface area (Å²) < 4.78 is 2.29. The molecule has 2 N–H and O–H groups in total. The van der Waals surface area contributed by atoms with Crippen molar-refractivity contribution in [2.24, 2.45) is 11.8 Å². The SMILES string of the molecule is OC12CC3CC(C1)CC(NCc1cn(Cc4ccc(Cl)cc4Cl)c4ccccc14)(C3)C2. The van der Waals surface area contributed by atoms with E-state index in [1.165, 1.54) is 35.7 Å². The van der Waals surface area contributed by atoms with Crippen molar-refractivity contribution >= 4 is 34.1 Å². The van der Waals surface area contributed by atoms with Crippen molar-refractivity contribution in [1.82, 2.24) is 9.88 Å². The molecule has 162 valence electrons. The molecule has 0 aliphatic heterocycles. The molecule has 4 bridgehead atoms. The summed E-state index contributed by atoms with van der Waals surface area (Å²) in [6.07, 6.45) is 8.93. The third kappa shape index (κ3) is 3.60. The van der Waals surface area contributed by atoms with Crippen LogP contribution in [0, 0.1) is 11.8 Å². The van der Waals surface area contributed by atoms with E-state index in [-0.39, 0.29) is 5.54 Å². The molecule has 4 aliphatic carbocycles. The van der Waals surface area contributed by atoms with Crippen LogP contribution in [-0.4, -0.2) is 20.8 Å². The molecular formula is C26H28Cl2N2O. The first-order valence-electron chi connectivity index (χ1n) is 11.4. The predicted molar refractivity (Wildman–Crippen MR) is 127 cm³/mol. The standard InChI is InChI=1S/C26H28Cl2N2O/c27-21-6-5-19(23(28)8-21)14-30-15-20(22-3-1-2-4-24(22)30)13-29-25-9-17-7-18(10-25)12-26(31,11-17)16-25/h1-6,8,15,17-18,29,31H,7,9-14,16H2. The zero-order valence-corrected chi connectivity index (χ0v) is 19.1. The van der Waals surface area contributed by atoms with Crippen LogP contribution in [0.1, 0.15) is 49.7 Å². The van der Waals surface area contributed by atoms with E-state index >= 15 is 0 Å². The van der Waals surface area contributed by atoms with E-state index in [1.54, 1.807) is 0 Å². The van der Waals surface area contributed by atoms with Crippen molar-refractivity contribution in [2.45, 2.75) is 62.8 Å². The van der Waals surface area contributed by atoms with Gasteiger partial charge in [0, 0.05) is 45.8 Å². The Morgan fingerprint density at radius 3 is 2.52 bits per heavy atom. The van der Waals surface area contributed by atoms with Crippen LogP contribution < -0.4 is 5.32 Å². The second kappa shape index (κ2) is 7.25. The van der Waals surface area contributed by atoms with Gasteiger partial charge in [0.1, 0.15) is 0 Å². The molecule has 5 heteroatoms. The third-order valence-corrected chi connectivity index (χ3v) is 8.50. The number of aromatic nitrogens is 1. The zero-order chi connectivity index (χ0) is 21.2. The Kier molecular flexibility index (Phi) is 4.70. The minimum absolute atomic E-state index is 0.0987. The highest BCUT2D eigenvalue weighted by molar-refractivity contribution is 6.35. The summed E-state index contributed by atoms with van der Waals surface area (Å²) >= 11 is 12.5. The largest absolute Gasteiger partial charge is 0.390 e. The Morgan fingerprint density at radius 2 is 1.77 bits per heavy atom. The number of hydrogen-bond donors (Lipinski definition) is 2. The Hall–Kier alpha value is -1.52. The first-order valence-corrected chi connectivity index (χ1v) is 12.1. The maximum absolute atomic E-state index is 11.1. The molecule has 4 fully saturated rings. The van der Waals surface area contributed by atoms with Crippen molar-refractivity contribution in [3.8, 4) is 0 Å². The van der Waals surface area contributed by atoms with E-state index in [4.69, 9.17) is 23.2 Å². The summed E-state index contributed by atoms with van der Waals surface area (Å²) in [6, 6.07) is 14.3. The molecule has 2 atom stereocenters. The molecule has 4 saturated carbocycles. The Bertz CT molecular complexity index is 1140. The number of aliphatic hydroxyl groups is 1. The van der Waals surface area contributed by atoms with E-state index in [1.807, 2.05) is 18.2 Å². The highest BCUT2D eigenvalue weighted by Crippen LogP contribution is 2.57. The molecule has 0 saturated heterocycles. The number of halogens is 2. The number of rotatable bonds is 5. The van der Waals surface area contributed by atoms with Gasteiger partial charge in [-0.2, -0.15) is 0 Å². The van der Waals surface area contributed by atoms with Crippen molar-refractivity contribution in [1.29, 1.82) is 0 Å². The smallest absolute Gasteiger partial charge is 0.0670 e. The lowest BCUT2D eigenvalue weighted by Crippen LogP contribution is -2.64. The van der Waals surface area contributed by atoms with Crippen molar-refractivity contribution in [3.05, 3.63) is 69.8 Å². The van der Waals surface area contributed by atoms with E-state index < -0.39 is 5.60 Å². The van der Waals surface area contributed by atoms with Gasteiger partial charge in [-0.05, 0) is 79.7 Å². The van der Waals surface area contributed by atoms with Crippen LogP contribution in [0.4, 0.5) is 0 Å². The zero-order valence-electron chi connectivity index (χ0n) is 17.6. The van der Waals surface area contributed by atoms with Crippen LogP contribution in [0.15, 0.2) is 48.7 Å². The Morgan fingerprint density at radius 1 is 1.00 bits per heavy atom. The molecule has 0 radical (unpaired) electrons. The Labute approximate surface area is 193 Å². The summed E-state index contributed by atoms with van der Waals surface area (Å²) in [7, 11) is 0. The summed E-state index contributed by atoms with van der Waals surface area (Å²) in [5.41, 5.74) is 3.25. The molecule has 2 aromatic carbocycles. The van der Waals surface area contributed by atoms with Crippen LogP contribution in [-0.2, 0) is 13.1 Å². The van der Waals surface area contributed by atoms with Crippen LogP contribution >= 0.6 is 23.2 Å². The van der Waals surface area contributed by atoms with Gasteiger partial charge in [-0.1, -0.05) is 47.5 Å².